The van der Waals surface area contributed by atoms with Crippen molar-refractivity contribution in [3.05, 3.63) is 65.7 Å². The Morgan fingerprint density at radius 3 is 2.69 bits per heavy atom. The van der Waals surface area contributed by atoms with Crippen molar-refractivity contribution in [2.45, 2.75) is 30.9 Å². The summed E-state index contributed by atoms with van der Waals surface area (Å²) in [5.41, 5.74) is 3.22. The van der Waals surface area contributed by atoms with Crippen LogP contribution in [0, 0.1) is 5.92 Å². The monoisotopic (exact) mass is 369 g/mol. The lowest BCUT2D eigenvalue weighted by atomic mass is 10.1. The van der Waals surface area contributed by atoms with Crippen molar-refractivity contribution in [2.75, 3.05) is 11.1 Å². The van der Waals surface area contributed by atoms with Crippen LogP contribution in [0.3, 0.4) is 0 Å². The lowest BCUT2D eigenvalue weighted by molar-refractivity contribution is -0.136. The predicted octanol–water partition coefficient (Wildman–Crippen LogP) is 4.53. The zero-order chi connectivity index (χ0) is 18.4. The number of nitrogens with one attached hydrogen (secondary N) is 1. The molecule has 2 atom stereocenters. The topological polar surface area (TPSA) is 66.4 Å². The van der Waals surface area contributed by atoms with E-state index in [4.69, 9.17) is 5.11 Å². The van der Waals surface area contributed by atoms with Gasteiger partial charge in [0, 0.05) is 23.6 Å². The van der Waals surface area contributed by atoms with E-state index in [0.717, 1.165) is 23.4 Å². The van der Waals surface area contributed by atoms with Crippen LogP contribution in [0.4, 0.5) is 5.69 Å². The molecule has 1 fully saturated rings. The van der Waals surface area contributed by atoms with Gasteiger partial charge in [-0.1, -0.05) is 42.5 Å². The Morgan fingerprint density at radius 2 is 1.92 bits per heavy atom. The molecule has 0 aliphatic heterocycles. The molecule has 0 bridgehead atoms. The fourth-order valence-electron chi connectivity index (χ4n) is 3.12. The molecule has 1 aliphatic carbocycles. The molecule has 1 aliphatic rings. The highest BCUT2D eigenvalue weighted by Gasteiger charge is 2.39. The Bertz CT molecular complexity index is 763. The summed E-state index contributed by atoms with van der Waals surface area (Å²) in [4.78, 5) is 22.8. The first kappa shape index (κ1) is 18.5. The summed E-state index contributed by atoms with van der Waals surface area (Å²) in [5, 5.41) is 11.7. The zero-order valence-corrected chi connectivity index (χ0v) is 15.4. The van der Waals surface area contributed by atoms with E-state index in [9.17, 15) is 9.59 Å². The summed E-state index contributed by atoms with van der Waals surface area (Å²) in [6.07, 6.45) is 1.81. The van der Waals surface area contributed by atoms with Crippen molar-refractivity contribution in [3.8, 4) is 0 Å². The molecule has 1 saturated carbocycles. The minimum absolute atomic E-state index is 0.0594. The molecule has 5 heteroatoms. The summed E-state index contributed by atoms with van der Waals surface area (Å²) in [6, 6.07) is 18.2. The van der Waals surface area contributed by atoms with Gasteiger partial charge in [0.15, 0.2) is 0 Å². The summed E-state index contributed by atoms with van der Waals surface area (Å²) in [5.74, 6) is 1.58. The van der Waals surface area contributed by atoms with Crippen LogP contribution in [0.1, 0.15) is 36.3 Å². The fourth-order valence-corrected chi connectivity index (χ4v) is 4.00. The Labute approximate surface area is 158 Å². The second kappa shape index (κ2) is 8.90. The molecule has 1 amide bonds. The van der Waals surface area contributed by atoms with Gasteiger partial charge >= 0.3 is 5.97 Å². The predicted molar refractivity (Wildman–Crippen MR) is 105 cm³/mol. The molecule has 0 heterocycles. The normalized spacial score (nSPS) is 18.3. The van der Waals surface area contributed by atoms with Crippen LogP contribution < -0.4 is 5.32 Å². The van der Waals surface area contributed by atoms with Crippen molar-refractivity contribution in [3.63, 3.8) is 0 Å². The first-order chi connectivity index (χ1) is 12.6. The minimum Gasteiger partial charge on any atom is -0.481 e. The Balaban J connectivity index is 1.44. The van der Waals surface area contributed by atoms with E-state index >= 15 is 0 Å². The number of hydrogen-bond donors (Lipinski definition) is 2. The van der Waals surface area contributed by atoms with E-state index in [1.165, 1.54) is 5.56 Å². The van der Waals surface area contributed by atoms with Gasteiger partial charge in [-0.25, -0.2) is 0 Å². The average Bonchev–Trinajstić information content (AvgIpc) is 3.38. The maximum absolute atomic E-state index is 12.3. The van der Waals surface area contributed by atoms with Crippen LogP contribution in [-0.4, -0.2) is 22.7 Å². The van der Waals surface area contributed by atoms with E-state index in [1.807, 2.05) is 42.5 Å². The van der Waals surface area contributed by atoms with Gasteiger partial charge in [-0.05, 0) is 41.5 Å². The third kappa shape index (κ3) is 5.63. The van der Waals surface area contributed by atoms with Gasteiger partial charge in [0.25, 0.3) is 0 Å². The van der Waals surface area contributed by atoms with Crippen LogP contribution >= 0.6 is 11.8 Å². The van der Waals surface area contributed by atoms with E-state index in [1.54, 1.807) is 11.8 Å². The molecular weight excluding hydrogens is 346 g/mol. The standard InChI is InChI=1S/C21H23NO3S/c23-20(13-17-12-19(17)16-6-2-1-3-7-16)22-18-8-4-5-15(11-18)14-26-10-9-21(24)25/h1-8,11,17,19H,9-10,12-14H2,(H,22,23)(H,24,25)/t17-,19-/m0/s1. The Kier molecular flexibility index (Phi) is 6.34. The highest BCUT2D eigenvalue weighted by Crippen LogP contribution is 2.49. The van der Waals surface area contributed by atoms with Crippen molar-refractivity contribution in [1.82, 2.24) is 0 Å². The van der Waals surface area contributed by atoms with Crippen LogP contribution in [0.15, 0.2) is 54.6 Å². The number of carboxylic acid groups (broad SMARTS) is 1. The van der Waals surface area contributed by atoms with E-state index in [-0.39, 0.29) is 12.3 Å². The molecule has 136 valence electrons. The van der Waals surface area contributed by atoms with E-state index in [0.29, 0.717) is 24.0 Å². The summed E-state index contributed by atoms with van der Waals surface area (Å²) >= 11 is 1.59. The highest BCUT2D eigenvalue weighted by molar-refractivity contribution is 7.98. The molecule has 2 aromatic rings. The van der Waals surface area contributed by atoms with Gasteiger partial charge < -0.3 is 10.4 Å². The molecule has 0 aromatic heterocycles. The van der Waals surface area contributed by atoms with Crippen LogP contribution in [0.5, 0.6) is 0 Å². The summed E-state index contributed by atoms with van der Waals surface area (Å²) in [7, 11) is 0. The van der Waals surface area contributed by atoms with Gasteiger partial charge in [-0.3, -0.25) is 9.59 Å². The first-order valence-corrected chi connectivity index (χ1v) is 10.0. The van der Waals surface area contributed by atoms with Crippen molar-refractivity contribution in [2.24, 2.45) is 5.92 Å². The minimum atomic E-state index is -0.771. The maximum atomic E-state index is 12.3. The van der Waals surface area contributed by atoms with Crippen molar-refractivity contribution in [1.29, 1.82) is 0 Å². The number of aliphatic carboxylic acids is 1. The maximum Gasteiger partial charge on any atom is 0.304 e. The SMILES string of the molecule is O=C(O)CCSCc1cccc(NC(=O)C[C@@H]2C[C@H]2c2ccccc2)c1. The van der Waals surface area contributed by atoms with Crippen LogP contribution in [-0.2, 0) is 15.3 Å². The highest BCUT2D eigenvalue weighted by atomic mass is 32.2. The van der Waals surface area contributed by atoms with Crippen LogP contribution in [0.2, 0.25) is 0 Å². The van der Waals surface area contributed by atoms with Gasteiger partial charge in [0.1, 0.15) is 0 Å². The lowest BCUT2D eigenvalue weighted by Crippen LogP contribution is -2.12. The third-order valence-corrected chi connectivity index (χ3v) is 5.57. The molecule has 2 N–H and O–H groups in total. The largest absolute Gasteiger partial charge is 0.481 e. The second-order valence-electron chi connectivity index (χ2n) is 6.66. The summed E-state index contributed by atoms with van der Waals surface area (Å²) < 4.78 is 0. The number of benzene rings is 2. The number of carboxylic acids is 1. The van der Waals surface area contributed by atoms with Crippen LogP contribution in [0.25, 0.3) is 0 Å². The lowest BCUT2D eigenvalue weighted by Gasteiger charge is -2.08. The number of thioether (sulfide) groups is 1. The molecule has 26 heavy (non-hydrogen) atoms. The van der Waals surface area contributed by atoms with E-state index in [2.05, 4.69) is 17.4 Å². The molecule has 2 aromatic carbocycles. The molecular formula is C21H23NO3S. The fraction of sp³-hybridized carbons (Fsp3) is 0.333. The molecule has 0 radical (unpaired) electrons. The quantitative estimate of drug-likeness (QED) is 0.638. The smallest absolute Gasteiger partial charge is 0.304 e. The Morgan fingerprint density at radius 1 is 1.12 bits per heavy atom. The molecule has 0 unspecified atom stereocenters. The molecule has 3 rings (SSSR count). The van der Waals surface area contributed by atoms with Gasteiger partial charge in [0.2, 0.25) is 5.91 Å². The molecule has 0 spiro atoms. The number of rotatable bonds is 9. The number of carbonyl (C=O) groups is 2. The molecule has 0 saturated heterocycles. The third-order valence-electron chi connectivity index (χ3n) is 4.54. The van der Waals surface area contributed by atoms with E-state index < -0.39 is 5.97 Å². The van der Waals surface area contributed by atoms with Gasteiger partial charge in [-0.2, -0.15) is 11.8 Å². The van der Waals surface area contributed by atoms with Gasteiger partial charge in [-0.15, -0.1) is 0 Å². The average molecular weight is 369 g/mol. The van der Waals surface area contributed by atoms with Crippen molar-refractivity contribution >= 4 is 29.3 Å². The molecule has 4 nitrogen and oxygen atoms in total. The number of carbonyl (C=O) groups excluding carboxylic acids is 1. The second-order valence-corrected chi connectivity index (χ2v) is 7.77. The number of anilines is 1. The Hall–Kier alpha value is -2.27. The van der Waals surface area contributed by atoms with Crippen molar-refractivity contribution < 1.29 is 14.7 Å². The number of hydrogen-bond acceptors (Lipinski definition) is 3. The summed E-state index contributed by atoms with van der Waals surface area (Å²) in [6.45, 7) is 0. The number of amides is 1. The van der Waals surface area contributed by atoms with Gasteiger partial charge in [0.05, 0.1) is 6.42 Å². The first-order valence-electron chi connectivity index (χ1n) is 8.85. The zero-order valence-electron chi connectivity index (χ0n) is 14.6.